The molecule has 1 aromatic rings. The van der Waals surface area contributed by atoms with Gasteiger partial charge in [0, 0.05) is 13.1 Å². The van der Waals surface area contributed by atoms with Crippen LogP contribution < -0.4 is 5.30 Å². The van der Waals surface area contributed by atoms with Crippen molar-refractivity contribution in [2.24, 2.45) is 0 Å². The van der Waals surface area contributed by atoms with E-state index in [2.05, 4.69) is 4.67 Å². The first-order chi connectivity index (χ1) is 7.21. The van der Waals surface area contributed by atoms with Gasteiger partial charge in [-0.05, 0) is 5.30 Å². The van der Waals surface area contributed by atoms with Crippen molar-refractivity contribution in [3.63, 3.8) is 0 Å². The number of rotatable bonds is 2. The maximum atomic E-state index is 5.63. The fraction of sp³-hybridized carbons (Fsp3) is 0.400. The summed E-state index contributed by atoms with van der Waals surface area (Å²) in [5, 5.41) is -0.828. The summed E-state index contributed by atoms with van der Waals surface area (Å²) in [6, 6.07) is 10.1. The fourth-order valence-electron chi connectivity index (χ4n) is 1.60. The van der Waals surface area contributed by atoms with Crippen LogP contribution in [0.3, 0.4) is 0 Å². The predicted octanol–water partition coefficient (Wildman–Crippen LogP) is 1.50. The molecule has 0 saturated carbocycles. The number of nitrogens with zero attached hydrogens (tertiary/aromatic N) is 1. The summed E-state index contributed by atoms with van der Waals surface area (Å²) >= 11 is 11.3. The van der Waals surface area contributed by atoms with Crippen LogP contribution in [0.1, 0.15) is 0 Å². The van der Waals surface area contributed by atoms with Crippen LogP contribution in [0.15, 0.2) is 30.3 Å². The Morgan fingerprint density at radius 3 is 2.40 bits per heavy atom. The van der Waals surface area contributed by atoms with E-state index in [1.54, 1.807) is 0 Å². The van der Waals surface area contributed by atoms with Crippen LogP contribution in [0.2, 0.25) is 0 Å². The Hall–Kier alpha value is 0.140. The van der Waals surface area contributed by atoms with E-state index in [9.17, 15) is 0 Å². The lowest BCUT2D eigenvalue weighted by Gasteiger charge is -2.43. The molecule has 2 nitrogen and oxygen atoms in total. The summed E-state index contributed by atoms with van der Waals surface area (Å²) in [4.78, 5) is 0. The number of morpholine rings is 1. The molecule has 0 bridgehead atoms. The Kier molecular flexibility index (Phi) is 3.86. The Morgan fingerprint density at radius 2 is 1.80 bits per heavy atom. The standard InChI is InChI=1S/C10H14NOPS2/c14-13(15,10-4-2-1-3-5-10)11-6-8-12-9-7-11/h1-5H,6-9H2,(H,14,15)/p-1. The summed E-state index contributed by atoms with van der Waals surface area (Å²) in [5.74, 6) is 0. The Morgan fingerprint density at radius 1 is 1.20 bits per heavy atom. The van der Waals surface area contributed by atoms with E-state index in [4.69, 9.17) is 28.8 Å². The van der Waals surface area contributed by atoms with Crippen molar-refractivity contribution < 1.29 is 4.74 Å². The van der Waals surface area contributed by atoms with Crippen molar-refractivity contribution in [1.82, 2.24) is 4.67 Å². The average Bonchev–Trinajstić information content (AvgIpc) is 2.31. The van der Waals surface area contributed by atoms with Gasteiger partial charge in [0.15, 0.2) is 0 Å². The molecule has 5 heteroatoms. The zero-order valence-electron chi connectivity index (χ0n) is 8.33. The molecule has 1 unspecified atom stereocenters. The minimum atomic E-state index is -1.95. The van der Waals surface area contributed by atoms with E-state index in [1.165, 1.54) is 0 Å². The second-order valence-electron chi connectivity index (χ2n) is 3.42. The molecule has 2 rings (SSSR count). The van der Waals surface area contributed by atoms with E-state index in [-0.39, 0.29) is 0 Å². The zero-order valence-corrected chi connectivity index (χ0v) is 10.9. The summed E-state index contributed by atoms with van der Waals surface area (Å²) in [5.41, 5.74) is 0. The molecule has 1 saturated heterocycles. The van der Waals surface area contributed by atoms with Crippen molar-refractivity contribution >= 4 is 34.8 Å². The molecule has 1 atom stereocenters. The zero-order chi connectivity index (χ0) is 10.7. The van der Waals surface area contributed by atoms with Gasteiger partial charge in [-0.1, -0.05) is 35.7 Å². The van der Waals surface area contributed by atoms with Gasteiger partial charge in [-0.25, -0.2) is 0 Å². The maximum Gasteiger partial charge on any atom is 0.0597 e. The molecule has 1 fully saturated rings. The van der Waals surface area contributed by atoms with Crippen LogP contribution >= 0.6 is 5.39 Å². The number of benzene rings is 1. The van der Waals surface area contributed by atoms with Gasteiger partial charge >= 0.3 is 0 Å². The monoisotopic (exact) mass is 258 g/mol. The van der Waals surface area contributed by atoms with Gasteiger partial charge < -0.3 is 17.0 Å². The van der Waals surface area contributed by atoms with Gasteiger partial charge in [0.1, 0.15) is 0 Å². The highest BCUT2D eigenvalue weighted by Gasteiger charge is 2.17. The Labute approximate surface area is 101 Å². The van der Waals surface area contributed by atoms with Gasteiger partial charge in [-0.3, -0.25) is 4.67 Å². The predicted molar refractivity (Wildman–Crippen MR) is 70.1 cm³/mol. The first-order valence-corrected chi connectivity index (χ1v) is 8.68. The van der Waals surface area contributed by atoms with Crippen LogP contribution in [-0.2, 0) is 28.8 Å². The molecule has 1 aromatic carbocycles. The summed E-state index contributed by atoms with van der Waals surface area (Å²) in [6.07, 6.45) is 0. The molecular formula is C10H13NOPS2-. The molecular weight excluding hydrogens is 245 g/mol. The molecule has 1 heterocycles. The fourth-order valence-corrected chi connectivity index (χ4v) is 4.87. The Balaban J connectivity index is 2.22. The van der Waals surface area contributed by atoms with Gasteiger partial charge in [-0.2, -0.15) is 0 Å². The van der Waals surface area contributed by atoms with Crippen LogP contribution in [0.5, 0.6) is 0 Å². The molecule has 0 N–H and O–H groups in total. The molecule has 0 aliphatic carbocycles. The van der Waals surface area contributed by atoms with Crippen molar-refractivity contribution in [3.05, 3.63) is 30.3 Å². The molecule has 1 aliphatic heterocycles. The first kappa shape index (κ1) is 11.6. The largest absolute Gasteiger partial charge is 0.727 e. The molecule has 15 heavy (non-hydrogen) atoms. The van der Waals surface area contributed by atoms with Crippen LogP contribution in [0, 0.1) is 0 Å². The number of hydrogen-bond donors (Lipinski definition) is 0. The highest BCUT2D eigenvalue weighted by Crippen LogP contribution is 2.46. The van der Waals surface area contributed by atoms with Crippen molar-refractivity contribution in [2.45, 2.75) is 0 Å². The summed E-state index contributed by atoms with van der Waals surface area (Å²) in [7, 11) is 0. The third-order valence-corrected chi connectivity index (χ3v) is 7.19. The smallest absolute Gasteiger partial charge is 0.0597 e. The van der Waals surface area contributed by atoms with E-state index in [1.807, 2.05) is 30.3 Å². The quantitative estimate of drug-likeness (QED) is 0.588. The average molecular weight is 258 g/mol. The Bertz CT molecular complexity index is 365. The van der Waals surface area contributed by atoms with Gasteiger partial charge in [0.25, 0.3) is 0 Å². The van der Waals surface area contributed by atoms with Crippen LogP contribution in [-0.4, -0.2) is 31.0 Å². The van der Waals surface area contributed by atoms with Gasteiger partial charge in [-0.15, -0.1) is 11.8 Å². The van der Waals surface area contributed by atoms with Crippen molar-refractivity contribution in [2.75, 3.05) is 26.3 Å². The van der Waals surface area contributed by atoms with E-state index in [0.717, 1.165) is 31.6 Å². The first-order valence-electron chi connectivity index (χ1n) is 4.91. The molecule has 0 aromatic heterocycles. The lowest BCUT2D eigenvalue weighted by atomic mass is 10.4. The van der Waals surface area contributed by atoms with Gasteiger partial charge in [0.2, 0.25) is 0 Å². The summed E-state index contributed by atoms with van der Waals surface area (Å²) in [6.45, 7) is 3.25. The SMILES string of the molecule is S=P([S-])(c1ccccc1)N1CCOCC1. The van der Waals surface area contributed by atoms with Crippen LogP contribution in [0.4, 0.5) is 0 Å². The second kappa shape index (κ2) is 4.98. The normalized spacial score (nSPS) is 22.2. The third-order valence-electron chi connectivity index (χ3n) is 2.44. The maximum absolute atomic E-state index is 5.63. The summed E-state index contributed by atoms with van der Waals surface area (Å²) < 4.78 is 7.55. The van der Waals surface area contributed by atoms with E-state index >= 15 is 0 Å². The third kappa shape index (κ3) is 2.63. The lowest BCUT2D eigenvalue weighted by molar-refractivity contribution is 0.0758. The number of hydrogen-bond acceptors (Lipinski definition) is 3. The minimum Gasteiger partial charge on any atom is -0.727 e. The van der Waals surface area contributed by atoms with Crippen molar-refractivity contribution in [3.8, 4) is 0 Å². The van der Waals surface area contributed by atoms with Crippen molar-refractivity contribution in [1.29, 1.82) is 0 Å². The molecule has 82 valence electrons. The highest BCUT2D eigenvalue weighted by molar-refractivity contribution is 8.56. The minimum absolute atomic E-state index is 0.752. The molecule has 0 amide bonds. The lowest BCUT2D eigenvalue weighted by Crippen LogP contribution is -2.35. The second-order valence-corrected chi connectivity index (χ2v) is 9.41. The van der Waals surface area contributed by atoms with Crippen LogP contribution in [0.25, 0.3) is 0 Å². The molecule has 0 radical (unpaired) electrons. The highest BCUT2D eigenvalue weighted by atomic mass is 32.9. The van der Waals surface area contributed by atoms with E-state index < -0.39 is 5.39 Å². The topological polar surface area (TPSA) is 12.5 Å². The van der Waals surface area contributed by atoms with Gasteiger partial charge in [0.05, 0.1) is 13.2 Å². The molecule has 0 spiro atoms. The number of ether oxygens (including phenoxy) is 1. The molecule has 1 aliphatic rings. The van der Waals surface area contributed by atoms with E-state index in [0.29, 0.717) is 0 Å².